The lowest BCUT2D eigenvalue weighted by molar-refractivity contribution is -0.114. The van der Waals surface area contributed by atoms with E-state index in [0.29, 0.717) is 23.7 Å². The monoisotopic (exact) mass is 361 g/mol. The molecule has 1 heterocycles. The summed E-state index contributed by atoms with van der Waals surface area (Å²) in [6, 6.07) is 18.2. The molecule has 1 aromatic heterocycles. The summed E-state index contributed by atoms with van der Waals surface area (Å²) in [6.07, 6.45) is 3.10. The zero-order valence-electron chi connectivity index (χ0n) is 14.8. The predicted octanol–water partition coefficient (Wildman–Crippen LogP) is 3.66. The molecule has 2 aromatic carbocycles. The molecule has 0 aliphatic heterocycles. The molecule has 1 amide bonds. The second-order valence-corrected chi connectivity index (χ2v) is 5.88. The molecule has 27 heavy (non-hydrogen) atoms. The maximum absolute atomic E-state index is 12.2. The van der Waals surface area contributed by atoms with Crippen molar-refractivity contribution >= 4 is 23.5 Å². The largest absolute Gasteiger partial charge is 0.483 e. The third-order valence-corrected chi connectivity index (χ3v) is 3.68. The van der Waals surface area contributed by atoms with Gasteiger partial charge in [-0.2, -0.15) is 0 Å². The highest BCUT2D eigenvalue weighted by molar-refractivity contribution is 5.89. The quantitative estimate of drug-likeness (QED) is 0.657. The normalized spacial score (nSPS) is 10.7. The smallest absolute Gasteiger partial charge is 0.224 e. The number of anilines is 1. The van der Waals surface area contributed by atoms with Crippen LogP contribution in [0.3, 0.4) is 0 Å². The van der Waals surface area contributed by atoms with Crippen molar-refractivity contribution in [1.29, 1.82) is 0 Å². The van der Waals surface area contributed by atoms with Crippen molar-refractivity contribution in [2.24, 2.45) is 4.99 Å². The summed E-state index contributed by atoms with van der Waals surface area (Å²) < 4.78 is 5.56. The molecule has 3 rings (SSSR count). The zero-order valence-corrected chi connectivity index (χ0v) is 14.8. The zero-order chi connectivity index (χ0) is 19.1. The van der Waals surface area contributed by atoms with Gasteiger partial charge in [0.05, 0.1) is 17.6 Å². The van der Waals surface area contributed by atoms with Gasteiger partial charge in [0.15, 0.2) is 5.75 Å². The standard InChI is InChI=1S/C21H19N3O3/c1-15(25)24-18-9-7-17(8-10-18)22-12-19-11-20(26)21(13-23-19)27-14-16-5-3-2-4-6-16/h2-13H,14H2,1H3,(H,23,26)(H,24,25). The first kappa shape index (κ1) is 18.1. The van der Waals surface area contributed by atoms with Gasteiger partial charge in [-0.15, -0.1) is 0 Å². The van der Waals surface area contributed by atoms with Crippen molar-refractivity contribution in [2.45, 2.75) is 13.5 Å². The van der Waals surface area contributed by atoms with Gasteiger partial charge < -0.3 is 15.0 Å². The van der Waals surface area contributed by atoms with Crippen LogP contribution in [0, 0.1) is 0 Å². The number of ether oxygens (including phenoxy) is 1. The molecule has 6 heteroatoms. The van der Waals surface area contributed by atoms with E-state index in [1.165, 1.54) is 19.2 Å². The summed E-state index contributed by atoms with van der Waals surface area (Å²) in [7, 11) is 0. The second kappa shape index (κ2) is 8.62. The number of H-pyrrole nitrogens is 1. The number of benzene rings is 2. The fraction of sp³-hybridized carbons (Fsp3) is 0.0952. The van der Waals surface area contributed by atoms with Crippen LogP contribution in [0.1, 0.15) is 18.2 Å². The summed E-state index contributed by atoms with van der Waals surface area (Å²) in [5.74, 6) is 0.133. The lowest BCUT2D eigenvalue weighted by Gasteiger charge is -2.05. The minimum atomic E-state index is -0.216. The molecule has 0 atom stereocenters. The first-order chi connectivity index (χ1) is 13.1. The molecule has 0 aliphatic carbocycles. The molecule has 0 saturated carbocycles. The maximum Gasteiger partial charge on any atom is 0.224 e. The molecule has 0 unspecified atom stereocenters. The molecule has 136 valence electrons. The van der Waals surface area contributed by atoms with Gasteiger partial charge in [-0.05, 0) is 29.8 Å². The Balaban J connectivity index is 1.64. The van der Waals surface area contributed by atoms with Crippen LogP contribution in [0.25, 0.3) is 0 Å². The molecular weight excluding hydrogens is 342 g/mol. The van der Waals surface area contributed by atoms with E-state index < -0.39 is 0 Å². The number of hydrogen-bond donors (Lipinski definition) is 2. The second-order valence-electron chi connectivity index (χ2n) is 5.88. The highest BCUT2D eigenvalue weighted by Gasteiger charge is 2.02. The third-order valence-electron chi connectivity index (χ3n) is 3.68. The number of aromatic nitrogens is 1. The Labute approximate surface area is 156 Å². The summed E-state index contributed by atoms with van der Waals surface area (Å²) >= 11 is 0. The van der Waals surface area contributed by atoms with Crippen LogP contribution in [0.4, 0.5) is 11.4 Å². The van der Waals surface area contributed by atoms with E-state index in [1.807, 2.05) is 30.3 Å². The van der Waals surface area contributed by atoms with Crippen LogP contribution < -0.4 is 15.5 Å². The number of hydrogen-bond acceptors (Lipinski definition) is 4. The number of aromatic amines is 1. The number of pyridine rings is 1. The van der Waals surface area contributed by atoms with E-state index in [0.717, 1.165) is 5.56 Å². The minimum Gasteiger partial charge on any atom is -0.483 e. The van der Waals surface area contributed by atoms with Crippen molar-refractivity contribution in [1.82, 2.24) is 4.98 Å². The van der Waals surface area contributed by atoms with Crippen LogP contribution in [-0.4, -0.2) is 17.1 Å². The van der Waals surface area contributed by atoms with Crippen LogP contribution >= 0.6 is 0 Å². The van der Waals surface area contributed by atoms with Crippen molar-refractivity contribution in [3.63, 3.8) is 0 Å². The maximum atomic E-state index is 12.2. The highest BCUT2D eigenvalue weighted by Crippen LogP contribution is 2.16. The van der Waals surface area contributed by atoms with Gasteiger partial charge in [0.1, 0.15) is 6.61 Å². The number of aliphatic imine (C=N–C) groups is 1. The van der Waals surface area contributed by atoms with E-state index in [9.17, 15) is 9.59 Å². The van der Waals surface area contributed by atoms with Crippen molar-refractivity contribution in [3.05, 3.63) is 88.3 Å². The fourth-order valence-corrected chi connectivity index (χ4v) is 2.37. The number of nitrogens with one attached hydrogen (secondary N) is 2. The molecule has 0 spiro atoms. The molecule has 3 aromatic rings. The molecule has 0 radical (unpaired) electrons. The van der Waals surface area contributed by atoms with Crippen LogP contribution in [-0.2, 0) is 11.4 Å². The van der Waals surface area contributed by atoms with Crippen LogP contribution in [0.2, 0.25) is 0 Å². The van der Waals surface area contributed by atoms with Gasteiger partial charge in [-0.25, -0.2) is 0 Å². The Hall–Kier alpha value is -3.67. The number of carbonyl (C=O) groups excluding carboxylic acids is 1. The Morgan fingerprint density at radius 1 is 1.15 bits per heavy atom. The van der Waals surface area contributed by atoms with Crippen molar-refractivity contribution < 1.29 is 9.53 Å². The Kier molecular flexibility index (Phi) is 5.79. The Morgan fingerprint density at radius 3 is 2.56 bits per heavy atom. The van der Waals surface area contributed by atoms with Crippen LogP contribution in [0.15, 0.2) is 76.6 Å². The van der Waals surface area contributed by atoms with E-state index in [1.54, 1.807) is 30.5 Å². The van der Waals surface area contributed by atoms with E-state index in [2.05, 4.69) is 15.3 Å². The van der Waals surface area contributed by atoms with Gasteiger partial charge in [0.2, 0.25) is 11.3 Å². The molecule has 0 aliphatic rings. The molecular formula is C21H19N3O3. The lowest BCUT2D eigenvalue weighted by Crippen LogP contribution is -2.09. The minimum absolute atomic E-state index is 0.126. The summed E-state index contributed by atoms with van der Waals surface area (Å²) in [6.45, 7) is 1.79. The lowest BCUT2D eigenvalue weighted by atomic mass is 10.2. The van der Waals surface area contributed by atoms with Crippen LogP contribution in [0.5, 0.6) is 5.75 Å². The molecule has 6 nitrogen and oxygen atoms in total. The van der Waals surface area contributed by atoms with E-state index in [4.69, 9.17) is 4.74 Å². The first-order valence-corrected chi connectivity index (χ1v) is 8.41. The average molecular weight is 361 g/mol. The molecule has 2 N–H and O–H groups in total. The highest BCUT2D eigenvalue weighted by atomic mass is 16.5. The Morgan fingerprint density at radius 2 is 1.89 bits per heavy atom. The average Bonchev–Trinajstić information content (AvgIpc) is 2.67. The summed E-state index contributed by atoms with van der Waals surface area (Å²) in [5, 5.41) is 2.69. The number of rotatable bonds is 6. The van der Waals surface area contributed by atoms with Gasteiger partial charge in [0, 0.05) is 24.9 Å². The summed E-state index contributed by atoms with van der Waals surface area (Å²) in [5.41, 5.74) is 2.75. The van der Waals surface area contributed by atoms with Crippen molar-refractivity contribution in [3.8, 4) is 5.75 Å². The van der Waals surface area contributed by atoms with Gasteiger partial charge in [-0.3, -0.25) is 14.6 Å². The number of carbonyl (C=O) groups is 1. The van der Waals surface area contributed by atoms with E-state index in [-0.39, 0.29) is 17.1 Å². The van der Waals surface area contributed by atoms with Gasteiger partial charge in [0.25, 0.3) is 0 Å². The molecule has 0 bridgehead atoms. The van der Waals surface area contributed by atoms with Gasteiger partial charge >= 0.3 is 0 Å². The first-order valence-electron chi connectivity index (χ1n) is 8.41. The fourth-order valence-electron chi connectivity index (χ4n) is 2.37. The molecule has 0 saturated heterocycles. The number of nitrogens with zero attached hydrogens (tertiary/aromatic N) is 1. The van der Waals surface area contributed by atoms with E-state index >= 15 is 0 Å². The number of amides is 1. The molecule has 0 fully saturated rings. The SMILES string of the molecule is CC(=O)Nc1ccc(N=Cc2cc(=O)c(OCc3ccccc3)c[nH]2)cc1. The predicted molar refractivity (Wildman–Crippen MR) is 106 cm³/mol. The third kappa shape index (κ3) is 5.40. The summed E-state index contributed by atoms with van der Waals surface area (Å²) in [4.78, 5) is 30.5. The van der Waals surface area contributed by atoms with Crippen molar-refractivity contribution in [2.75, 3.05) is 5.32 Å². The topological polar surface area (TPSA) is 83.6 Å². The Bertz CT molecular complexity index is 993. The van der Waals surface area contributed by atoms with Gasteiger partial charge in [-0.1, -0.05) is 30.3 Å².